The fourth-order valence-corrected chi connectivity index (χ4v) is 4.36. The summed E-state index contributed by atoms with van der Waals surface area (Å²) in [6, 6.07) is 18.7. The van der Waals surface area contributed by atoms with Gasteiger partial charge in [-0.3, -0.25) is 9.69 Å². The standard InChI is InChI=1S/C27H27ClF2N2O3/c1-34-22-8-3-6-20(16-22)25(35-18-19-5-2-7-21(28)15-19)17-31-11-13-32(14-12-31)27(33)26-23(29)9-4-10-24(26)30/h2-10,15-16,25H,11-14,17-18H2,1H3/t25-/m0/s1. The molecule has 0 radical (unpaired) electrons. The van der Waals surface area contributed by atoms with Crippen molar-refractivity contribution in [2.45, 2.75) is 12.7 Å². The Morgan fingerprint density at radius 2 is 1.66 bits per heavy atom. The quantitative estimate of drug-likeness (QED) is 0.418. The number of ether oxygens (including phenoxy) is 2. The molecule has 1 saturated heterocycles. The summed E-state index contributed by atoms with van der Waals surface area (Å²) in [5.74, 6) is -1.57. The van der Waals surface area contributed by atoms with Gasteiger partial charge in [0, 0.05) is 37.7 Å². The average molecular weight is 501 g/mol. The number of benzene rings is 3. The minimum atomic E-state index is -0.843. The van der Waals surface area contributed by atoms with Crippen LogP contribution in [0.3, 0.4) is 0 Å². The monoisotopic (exact) mass is 500 g/mol. The van der Waals surface area contributed by atoms with Crippen molar-refractivity contribution in [1.82, 2.24) is 9.80 Å². The van der Waals surface area contributed by atoms with Gasteiger partial charge >= 0.3 is 0 Å². The smallest absolute Gasteiger partial charge is 0.259 e. The van der Waals surface area contributed by atoms with Crippen LogP contribution in [0.2, 0.25) is 5.02 Å². The van der Waals surface area contributed by atoms with Crippen LogP contribution in [0.25, 0.3) is 0 Å². The number of carbonyl (C=O) groups excluding carboxylic acids is 1. The first-order valence-electron chi connectivity index (χ1n) is 11.4. The second-order valence-corrected chi connectivity index (χ2v) is 8.83. The van der Waals surface area contributed by atoms with Gasteiger partial charge in [0.1, 0.15) is 22.9 Å². The number of amides is 1. The summed E-state index contributed by atoms with van der Waals surface area (Å²) in [7, 11) is 1.62. The third-order valence-corrected chi connectivity index (χ3v) is 6.30. The van der Waals surface area contributed by atoms with Crippen molar-refractivity contribution < 1.29 is 23.0 Å². The van der Waals surface area contributed by atoms with Crippen LogP contribution in [0.15, 0.2) is 66.7 Å². The Hall–Kier alpha value is -3.00. The lowest BCUT2D eigenvalue weighted by Crippen LogP contribution is -2.50. The van der Waals surface area contributed by atoms with Gasteiger partial charge in [-0.1, -0.05) is 41.9 Å². The first-order valence-corrected chi connectivity index (χ1v) is 11.8. The van der Waals surface area contributed by atoms with E-state index in [4.69, 9.17) is 21.1 Å². The molecule has 184 valence electrons. The summed E-state index contributed by atoms with van der Waals surface area (Å²) in [4.78, 5) is 16.4. The zero-order valence-electron chi connectivity index (χ0n) is 19.4. The normalized spacial score (nSPS) is 15.1. The molecule has 5 nitrogen and oxygen atoms in total. The Kier molecular flexibility index (Phi) is 8.33. The average Bonchev–Trinajstić information content (AvgIpc) is 2.87. The number of hydrogen-bond acceptors (Lipinski definition) is 4. The van der Waals surface area contributed by atoms with E-state index in [1.54, 1.807) is 7.11 Å². The van der Waals surface area contributed by atoms with Gasteiger partial charge in [-0.25, -0.2) is 8.78 Å². The van der Waals surface area contributed by atoms with Crippen molar-refractivity contribution in [2.24, 2.45) is 0 Å². The predicted molar refractivity (Wildman–Crippen MR) is 131 cm³/mol. The maximum Gasteiger partial charge on any atom is 0.259 e. The summed E-state index contributed by atoms with van der Waals surface area (Å²) in [6.07, 6.45) is -0.254. The van der Waals surface area contributed by atoms with Crippen LogP contribution in [0.1, 0.15) is 27.6 Å². The zero-order chi connectivity index (χ0) is 24.8. The molecule has 4 rings (SSSR count). The molecular formula is C27H27ClF2N2O3. The molecule has 0 N–H and O–H groups in total. The van der Waals surface area contributed by atoms with Gasteiger partial charge in [0.05, 0.1) is 19.8 Å². The molecule has 0 aliphatic carbocycles. The molecule has 1 aliphatic heterocycles. The molecule has 0 spiro atoms. The lowest BCUT2D eigenvalue weighted by molar-refractivity contribution is 0.00324. The molecule has 3 aromatic carbocycles. The lowest BCUT2D eigenvalue weighted by Gasteiger charge is -2.36. The van der Waals surface area contributed by atoms with E-state index >= 15 is 0 Å². The van der Waals surface area contributed by atoms with Gasteiger partial charge in [-0.2, -0.15) is 0 Å². The highest BCUT2D eigenvalue weighted by Gasteiger charge is 2.28. The summed E-state index contributed by atoms with van der Waals surface area (Å²) >= 11 is 6.12. The van der Waals surface area contributed by atoms with E-state index in [1.165, 1.54) is 11.0 Å². The molecule has 1 amide bonds. The maximum atomic E-state index is 14.1. The van der Waals surface area contributed by atoms with Gasteiger partial charge < -0.3 is 14.4 Å². The van der Waals surface area contributed by atoms with Gasteiger partial charge in [0.2, 0.25) is 0 Å². The summed E-state index contributed by atoms with van der Waals surface area (Å²) in [5, 5.41) is 0.649. The second kappa shape index (κ2) is 11.6. The maximum absolute atomic E-state index is 14.1. The first-order chi connectivity index (χ1) is 16.9. The van der Waals surface area contributed by atoms with Crippen LogP contribution < -0.4 is 4.74 Å². The molecule has 1 aliphatic rings. The van der Waals surface area contributed by atoms with Crippen molar-refractivity contribution in [3.63, 3.8) is 0 Å². The summed E-state index contributed by atoms with van der Waals surface area (Å²) in [5.41, 5.74) is 1.44. The van der Waals surface area contributed by atoms with E-state index in [0.717, 1.165) is 29.0 Å². The van der Waals surface area contributed by atoms with Crippen LogP contribution in [0, 0.1) is 11.6 Å². The second-order valence-electron chi connectivity index (χ2n) is 8.40. The number of methoxy groups -OCH3 is 1. The Morgan fingerprint density at radius 1 is 0.971 bits per heavy atom. The van der Waals surface area contributed by atoms with Gasteiger partial charge in [-0.15, -0.1) is 0 Å². The van der Waals surface area contributed by atoms with E-state index in [2.05, 4.69) is 4.90 Å². The van der Waals surface area contributed by atoms with E-state index in [0.29, 0.717) is 44.4 Å². The first kappa shape index (κ1) is 25.1. The number of hydrogen-bond donors (Lipinski definition) is 0. The number of halogens is 3. The number of carbonyl (C=O) groups is 1. The van der Waals surface area contributed by atoms with Crippen LogP contribution in [0.5, 0.6) is 5.75 Å². The van der Waals surface area contributed by atoms with E-state index in [9.17, 15) is 13.6 Å². The predicted octanol–water partition coefficient (Wildman–Crippen LogP) is 5.34. The molecule has 0 aromatic heterocycles. The summed E-state index contributed by atoms with van der Waals surface area (Å²) < 4.78 is 39.8. The third kappa shape index (κ3) is 6.36. The third-order valence-electron chi connectivity index (χ3n) is 6.07. The highest BCUT2D eigenvalue weighted by atomic mass is 35.5. The minimum Gasteiger partial charge on any atom is -0.497 e. The van der Waals surface area contributed by atoms with Gasteiger partial charge in [-0.05, 0) is 47.5 Å². The van der Waals surface area contributed by atoms with Gasteiger partial charge in [0.15, 0.2) is 0 Å². The molecular weight excluding hydrogens is 474 g/mol. The van der Waals surface area contributed by atoms with Crippen LogP contribution in [-0.4, -0.2) is 55.5 Å². The van der Waals surface area contributed by atoms with Crippen molar-refractivity contribution in [2.75, 3.05) is 39.8 Å². The molecule has 1 fully saturated rings. The Morgan fingerprint density at radius 3 is 2.34 bits per heavy atom. The highest BCUT2D eigenvalue weighted by molar-refractivity contribution is 6.30. The molecule has 35 heavy (non-hydrogen) atoms. The van der Waals surface area contributed by atoms with Crippen molar-refractivity contribution >= 4 is 17.5 Å². The van der Waals surface area contributed by atoms with Crippen molar-refractivity contribution in [1.29, 1.82) is 0 Å². The minimum absolute atomic E-state index is 0.254. The SMILES string of the molecule is COc1cccc([C@H](CN2CCN(C(=O)c3c(F)cccc3F)CC2)OCc2cccc(Cl)c2)c1. The molecule has 0 saturated carbocycles. The fourth-order valence-electron chi connectivity index (χ4n) is 4.15. The van der Waals surface area contributed by atoms with E-state index < -0.39 is 23.1 Å². The topological polar surface area (TPSA) is 42.0 Å². The number of rotatable bonds is 8. The highest BCUT2D eigenvalue weighted by Crippen LogP contribution is 2.26. The zero-order valence-corrected chi connectivity index (χ0v) is 20.2. The molecule has 3 aromatic rings. The summed E-state index contributed by atoms with van der Waals surface area (Å²) in [6.45, 7) is 2.82. The van der Waals surface area contributed by atoms with Crippen LogP contribution in [0.4, 0.5) is 8.78 Å². The number of piperazine rings is 1. The van der Waals surface area contributed by atoms with Gasteiger partial charge in [0.25, 0.3) is 5.91 Å². The molecule has 8 heteroatoms. The molecule has 0 bridgehead atoms. The Bertz CT molecular complexity index is 1150. The molecule has 1 atom stereocenters. The lowest BCUT2D eigenvalue weighted by atomic mass is 10.1. The molecule has 1 heterocycles. The largest absolute Gasteiger partial charge is 0.497 e. The van der Waals surface area contributed by atoms with E-state index in [1.807, 2.05) is 48.5 Å². The fraction of sp³-hybridized carbons (Fsp3) is 0.296. The van der Waals surface area contributed by atoms with Crippen molar-refractivity contribution in [3.05, 3.63) is 100 Å². The van der Waals surface area contributed by atoms with Crippen molar-refractivity contribution in [3.8, 4) is 5.75 Å². The molecule has 0 unspecified atom stereocenters. The number of nitrogens with zero attached hydrogens (tertiary/aromatic N) is 2. The van der Waals surface area contributed by atoms with Crippen LogP contribution in [-0.2, 0) is 11.3 Å². The Balaban J connectivity index is 1.43. The Labute approximate surface area is 208 Å². The van der Waals surface area contributed by atoms with E-state index in [-0.39, 0.29) is 6.10 Å². The van der Waals surface area contributed by atoms with Crippen LogP contribution >= 0.6 is 11.6 Å².